The number of hydrogen-bond acceptors (Lipinski definition) is 4. The average Bonchev–Trinajstić information content (AvgIpc) is 2.03. The number of carbonyl (C=O) groups is 3. The fraction of sp³-hybridized carbons (Fsp3) is 0.167. The van der Waals surface area contributed by atoms with E-state index < -0.39 is 29.5 Å². The van der Waals surface area contributed by atoms with Crippen LogP contribution in [0.5, 0.6) is 0 Å². The van der Waals surface area contributed by atoms with Crippen molar-refractivity contribution in [3.05, 3.63) is 0 Å². The molecule has 1 heterocycles. The minimum absolute atomic E-state index is 0.417. The molecule has 1 rings (SSSR count). The van der Waals surface area contributed by atoms with Crippen molar-refractivity contribution in [1.29, 1.82) is 0 Å². The van der Waals surface area contributed by atoms with Gasteiger partial charge in [0.2, 0.25) is 5.91 Å². The maximum Gasteiger partial charge on any atom is 0.288 e. The van der Waals surface area contributed by atoms with Crippen molar-refractivity contribution in [1.82, 2.24) is 0 Å². The van der Waals surface area contributed by atoms with Crippen LogP contribution in [-0.4, -0.2) is 35.7 Å². The van der Waals surface area contributed by atoms with E-state index in [2.05, 4.69) is 9.98 Å². The predicted molar refractivity (Wildman–Crippen MR) is 43.1 cm³/mol. The van der Waals surface area contributed by atoms with Gasteiger partial charge in [-0.15, -0.1) is 0 Å². The summed E-state index contributed by atoms with van der Waals surface area (Å²) < 4.78 is 0. The summed E-state index contributed by atoms with van der Waals surface area (Å²) in [7, 11) is 0. The molecular weight excluding hydrogens is 176 g/mol. The first-order valence-corrected chi connectivity index (χ1v) is 3.27. The topological polar surface area (TPSA) is 128 Å². The van der Waals surface area contributed by atoms with E-state index >= 15 is 0 Å². The van der Waals surface area contributed by atoms with Gasteiger partial charge in [0.25, 0.3) is 11.8 Å². The Morgan fingerprint density at radius 3 is 2.46 bits per heavy atom. The number of rotatable bonds is 2. The maximum atomic E-state index is 10.7. The Morgan fingerprint density at radius 2 is 2.00 bits per heavy atom. The van der Waals surface area contributed by atoms with Gasteiger partial charge in [0.15, 0.2) is 6.04 Å². The van der Waals surface area contributed by atoms with Crippen LogP contribution in [0.2, 0.25) is 0 Å². The van der Waals surface area contributed by atoms with Gasteiger partial charge in [-0.1, -0.05) is 0 Å². The molecule has 13 heavy (non-hydrogen) atoms. The van der Waals surface area contributed by atoms with Crippen molar-refractivity contribution >= 4 is 29.6 Å². The normalized spacial score (nSPS) is 21.1. The van der Waals surface area contributed by atoms with E-state index in [1.807, 2.05) is 0 Å². The molecule has 68 valence electrons. The van der Waals surface area contributed by atoms with Gasteiger partial charge >= 0.3 is 0 Å². The molecule has 0 aliphatic carbocycles. The molecule has 1 unspecified atom stereocenters. The monoisotopic (exact) mass is 182 g/mol. The molecule has 0 fully saturated rings. The van der Waals surface area contributed by atoms with Crippen molar-refractivity contribution in [3.8, 4) is 0 Å². The highest BCUT2D eigenvalue weighted by atomic mass is 16.2. The van der Waals surface area contributed by atoms with Gasteiger partial charge in [-0.25, -0.2) is 4.99 Å². The zero-order chi connectivity index (χ0) is 10.0. The lowest BCUT2D eigenvalue weighted by Gasteiger charge is -2.10. The number of primary amides is 2. The third kappa shape index (κ3) is 1.75. The minimum atomic E-state index is -1.24. The number of hydrogen-bond donors (Lipinski definition) is 2. The quantitative estimate of drug-likeness (QED) is 0.484. The molecule has 0 aromatic rings. The van der Waals surface area contributed by atoms with Crippen LogP contribution in [0.1, 0.15) is 0 Å². The van der Waals surface area contributed by atoms with Crippen LogP contribution >= 0.6 is 0 Å². The lowest BCUT2D eigenvalue weighted by molar-refractivity contribution is -0.119. The number of carbonyl (C=O) groups excluding carboxylic acids is 3. The lowest BCUT2D eigenvalue weighted by atomic mass is 10.1. The molecule has 1 aliphatic rings. The smallest absolute Gasteiger partial charge is 0.288 e. The highest BCUT2D eigenvalue weighted by Crippen LogP contribution is 2.00. The molecular formula is C6H6N4O3. The summed E-state index contributed by atoms with van der Waals surface area (Å²) in [6.45, 7) is 0. The summed E-state index contributed by atoms with van der Waals surface area (Å²) in [5, 5.41) is 0. The van der Waals surface area contributed by atoms with Crippen molar-refractivity contribution < 1.29 is 14.4 Å². The molecule has 0 spiro atoms. The molecule has 0 aromatic heterocycles. The molecule has 3 amide bonds. The number of aliphatic imine (C=N–C) groups is 2. The van der Waals surface area contributed by atoms with Crippen LogP contribution in [0.15, 0.2) is 9.98 Å². The van der Waals surface area contributed by atoms with Gasteiger partial charge in [-0.3, -0.25) is 19.4 Å². The Hall–Kier alpha value is -2.05. The Morgan fingerprint density at radius 1 is 1.38 bits per heavy atom. The van der Waals surface area contributed by atoms with E-state index in [0.29, 0.717) is 0 Å². The highest BCUT2D eigenvalue weighted by molar-refractivity contribution is 6.49. The Kier molecular flexibility index (Phi) is 2.18. The van der Waals surface area contributed by atoms with E-state index in [0.717, 1.165) is 6.21 Å². The predicted octanol–water partition coefficient (Wildman–Crippen LogP) is -2.62. The number of amides is 3. The maximum absolute atomic E-state index is 10.7. The molecule has 7 nitrogen and oxygen atoms in total. The van der Waals surface area contributed by atoms with E-state index in [-0.39, 0.29) is 0 Å². The molecule has 1 atom stereocenters. The Balaban J connectivity index is 3.05. The van der Waals surface area contributed by atoms with Crippen LogP contribution in [0.25, 0.3) is 0 Å². The van der Waals surface area contributed by atoms with E-state index in [4.69, 9.17) is 11.5 Å². The molecule has 0 radical (unpaired) electrons. The second-order valence-corrected chi connectivity index (χ2v) is 2.28. The Bertz CT molecular complexity index is 344. The van der Waals surface area contributed by atoms with Crippen molar-refractivity contribution in [3.63, 3.8) is 0 Å². The first-order chi connectivity index (χ1) is 6.02. The van der Waals surface area contributed by atoms with Crippen LogP contribution < -0.4 is 11.5 Å². The molecule has 0 saturated heterocycles. The average molecular weight is 182 g/mol. The summed E-state index contributed by atoms with van der Waals surface area (Å²) in [5.74, 6) is -2.58. The van der Waals surface area contributed by atoms with Crippen molar-refractivity contribution in [2.24, 2.45) is 21.5 Å². The van der Waals surface area contributed by atoms with Gasteiger partial charge in [0.1, 0.15) is 5.71 Å². The van der Waals surface area contributed by atoms with E-state index in [1.54, 1.807) is 0 Å². The largest absolute Gasteiger partial charge is 0.367 e. The summed E-state index contributed by atoms with van der Waals surface area (Å²) in [6.07, 6.45) is 0.821. The molecule has 1 aliphatic heterocycles. The third-order valence-corrected chi connectivity index (χ3v) is 1.35. The van der Waals surface area contributed by atoms with Crippen molar-refractivity contribution in [2.45, 2.75) is 6.04 Å². The van der Waals surface area contributed by atoms with Crippen LogP contribution in [0.3, 0.4) is 0 Å². The zero-order valence-electron chi connectivity index (χ0n) is 6.43. The van der Waals surface area contributed by atoms with Gasteiger partial charge in [0.05, 0.1) is 6.21 Å². The second-order valence-electron chi connectivity index (χ2n) is 2.28. The SMILES string of the molecule is NC(=O)C1=NC(=O)C=NC1C(N)=O. The summed E-state index contributed by atoms with van der Waals surface area (Å²) >= 11 is 0. The summed E-state index contributed by atoms with van der Waals surface area (Å²) in [4.78, 5) is 38.7. The van der Waals surface area contributed by atoms with Crippen LogP contribution in [0, 0.1) is 0 Å². The van der Waals surface area contributed by atoms with E-state index in [1.165, 1.54) is 0 Å². The van der Waals surface area contributed by atoms with E-state index in [9.17, 15) is 14.4 Å². The van der Waals surface area contributed by atoms with Gasteiger partial charge in [-0.2, -0.15) is 0 Å². The van der Waals surface area contributed by atoms with Crippen molar-refractivity contribution in [2.75, 3.05) is 0 Å². The van der Waals surface area contributed by atoms with Gasteiger partial charge in [-0.05, 0) is 0 Å². The minimum Gasteiger partial charge on any atom is -0.367 e. The fourth-order valence-electron chi connectivity index (χ4n) is 0.816. The molecule has 4 N–H and O–H groups in total. The summed E-state index contributed by atoms with van der Waals surface area (Å²) in [5.41, 5.74) is 9.33. The van der Waals surface area contributed by atoms with Gasteiger partial charge < -0.3 is 11.5 Å². The number of nitrogens with zero attached hydrogens (tertiary/aromatic N) is 2. The first kappa shape index (κ1) is 9.04. The Labute approximate surface area is 72.5 Å². The molecule has 0 saturated carbocycles. The summed E-state index contributed by atoms with van der Waals surface area (Å²) in [6, 6.07) is -1.24. The fourth-order valence-corrected chi connectivity index (χ4v) is 0.816. The first-order valence-electron chi connectivity index (χ1n) is 3.27. The lowest BCUT2D eigenvalue weighted by Crippen LogP contribution is -2.44. The highest BCUT2D eigenvalue weighted by Gasteiger charge is 2.28. The molecule has 0 bridgehead atoms. The third-order valence-electron chi connectivity index (χ3n) is 1.35. The standard InChI is InChI=1S/C6H6N4O3/c7-5(12)3-4(6(8)13)10-2(11)1-9-3/h1,3H,(H2,7,12)(H2,8,13). The molecule has 0 aromatic carbocycles. The van der Waals surface area contributed by atoms with Gasteiger partial charge in [0, 0.05) is 0 Å². The van der Waals surface area contributed by atoms with Crippen LogP contribution in [-0.2, 0) is 14.4 Å². The zero-order valence-corrected chi connectivity index (χ0v) is 6.43. The van der Waals surface area contributed by atoms with Crippen LogP contribution in [0.4, 0.5) is 0 Å². The number of nitrogens with two attached hydrogens (primary N) is 2. The second kappa shape index (κ2) is 3.13. The molecule has 7 heteroatoms.